The summed E-state index contributed by atoms with van der Waals surface area (Å²) in [5, 5.41) is 0. The van der Waals surface area contributed by atoms with Gasteiger partial charge >= 0.3 is 0 Å². The Bertz CT molecular complexity index is 564. The molecule has 0 heterocycles. The summed E-state index contributed by atoms with van der Waals surface area (Å²) in [6, 6.07) is 17.9. The smallest absolute Gasteiger partial charge is 0.128 e. The van der Waals surface area contributed by atoms with Gasteiger partial charge in [0.2, 0.25) is 0 Å². The van der Waals surface area contributed by atoms with Crippen molar-refractivity contribution >= 4 is 11.9 Å². The Morgan fingerprint density at radius 1 is 1.00 bits per heavy atom. The summed E-state index contributed by atoms with van der Waals surface area (Å²) < 4.78 is 5.86. The summed E-state index contributed by atoms with van der Waals surface area (Å²) >= 11 is 0. The summed E-state index contributed by atoms with van der Waals surface area (Å²) in [4.78, 5) is 6.64. The first-order chi connectivity index (χ1) is 10.3. The maximum absolute atomic E-state index is 5.86. The Hall–Kier alpha value is -2.13. The lowest BCUT2D eigenvalue weighted by Gasteiger charge is -2.11. The molecule has 0 bridgehead atoms. The summed E-state index contributed by atoms with van der Waals surface area (Å²) in [5.74, 6) is 0.885. The fraction of sp³-hybridized carbons (Fsp3) is 0.278. The third kappa shape index (κ3) is 5.40. The second-order valence-corrected chi connectivity index (χ2v) is 5.14. The molecule has 2 aromatic carbocycles. The van der Waals surface area contributed by atoms with Gasteiger partial charge in [0, 0.05) is 18.3 Å². The van der Waals surface area contributed by atoms with E-state index in [9.17, 15) is 0 Å². The van der Waals surface area contributed by atoms with E-state index >= 15 is 0 Å². The van der Waals surface area contributed by atoms with Crippen molar-refractivity contribution in [3.8, 4) is 5.75 Å². The zero-order valence-electron chi connectivity index (χ0n) is 12.7. The molecule has 0 unspecified atom stereocenters. The Labute approximate surface area is 126 Å². The van der Waals surface area contributed by atoms with E-state index in [1.165, 1.54) is 0 Å². The predicted octanol–water partition coefficient (Wildman–Crippen LogP) is 3.77. The third-order valence-corrected chi connectivity index (χ3v) is 3.04. The number of nitrogens with zero attached hydrogens (tertiary/aromatic N) is 2. The van der Waals surface area contributed by atoms with Crippen molar-refractivity contribution in [3.05, 3.63) is 60.2 Å². The predicted molar refractivity (Wildman–Crippen MR) is 88.8 cm³/mol. The molecule has 0 aliphatic heterocycles. The largest absolute Gasteiger partial charge is 0.493 e. The normalized spacial score (nSPS) is 11.2. The van der Waals surface area contributed by atoms with Gasteiger partial charge < -0.3 is 9.64 Å². The highest BCUT2D eigenvalue weighted by Gasteiger charge is 2.00. The average Bonchev–Trinajstić information content (AvgIpc) is 2.51. The lowest BCUT2D eigenvalue weighted by molar-refractivity contribution is 0.281. The van der Waals surface area contributed by atoms with E-state index in [2.05, 4.69) is 24.0 Å². The molecule has 0 amide bonds. The quantitative estimate of drug-likeness (QED) is 0.570. The molecule has 2 aromatic rings. The molecular formula is C18H22N2O. The molecule has 0 aliphatic carbocycles. The molecule has 0 aromatic heterocycles. The topological polar surface area (TPSA) is 24.8 Å². The molecule has 0 radical (unpaired) electrons. The fourth-order valence-electron chi connectivity index (χ4n) is 1.94. The maximum Gasteiger partial charge on any atom is 0.128 e. The van der Waals surface area contributed by atoms with Crippen LogP contribution in [0, 0.1) is 0 Å². The minimum atomic E-state index is 0.717. The Morgan fingerprint density at radius 3 is 2.48 bits per heavy atom. The molecule has 3 heteroatoms. The zero-order chi connectivity index (χ0) is 14.9. The first-order valence-electron chi connectivity index (χ1n) is 7.21. The van der Waals surface area contributed by atoms with Crippen LogP contribution in [0.15, 0.2) is 59.6 Å². The molecule has 0 saturated carbocycles. The first kappa shape index (κ1) is 15.3. The van der Waals surface area contributed by atoms with Gasteiger partial charge in [-0.05, 0) is 44.8 Å². The summed E-state index contributed by atoms with van der Waals surface area (Å²) in [6.45, 7) is 1.74. The second kappa shape index (κ2) is 8.22. The zero-order valence-corrected chi connectivity index (χ0v) is 12.7. The summed E-state index contributed by atoms with van der Waals surface area (Å²) in [5.41, 5.74) is 1.95. The van der Waals surface area contributed by atoms with E-state index in [4.69, 9.17) is 4.74 Å². The molecule has 3 nitrogen and oxygen atoms in total. The Kier molecular flexibility index (Phi) is 5.98. The van der Waals surface area contributed by atoms with Crippen LogP contribution in [0.3, 0.4) is 0 Å². The minimum Gasteiger partial charge on any atom is -0.493 e. The van der Waals surface area contributed by atoms with Crippen molar-refractivity contribution in [2.45, 2.75) is 6.42 Å². The average molecular weight is 282 g/mol. The standard InChI is InChI=1S/C18H22N2O/c1-20(2)13-8-14-21-18-12-7-6-9-16(18)15-19-17-10-4-3-5-11-17/h3-7,9-12,15H,8,13-14H2,1-2H3/b19-15+. The molecule has 0 spiro atoms. The fourth-order valence-corrected chi connectivity index (χ4v) is 1.94. The van der Waals surface area contributed by atoms with Gasteiger partial charge in [0.05, 0.1) is 12.3 Å². The molecule has 2 rings (SSSR count). The van der Waals surface area contributed by atoms with Crippen molar-refractivity contribution in [1.82, 2.24) is 4.90 Å². The highest BCUT2D eigenvalue weighted by Crippen LogP contribution is 2.18. The number of hydrogen-bond donors (Lipinski definition) is 0. The molecule has 110 valence electrons. The van der Waals surface area contributed by atoms with Crippen molar-refractivity contribution in [2.24, 2.45) is 4.99 Å². The monoisotopic (exact) mass is 282 g/mol. The van der Waals surface area contributed by atoms with Crippen molar-refractivity contribution < 1.29 is 4.74 Å². The van der Waals surface area contributed by atoms with Crippen LogP contribution in [-0.2, 0) is 0 Å². The van der Waals surface area contributed by atoms with E-state index in [0.29, 0.717) is 6.61 Å². The first-order valence-corrected chi connectivity index (χ1v) is 7.21. The lowest BCUT2D eigenvalue weighted by atomic mass is 10.2. The number of para-hydroxylation sites is 2. The molecule has 0 atom stereocenters. The lowest BCUT2D eigenvalue weighted by Crippen LogP contribution is -2.15. The summed E-state index contributed by atoms with van der Waals surface area (Å²) in [6.07, 6.45) is 2.87. The van der Waals surface area contributed by atoms with Gasteiger partial charge in [-0.25, -0.2) is 0 Å². The SMILES string of the molecule is CN(C)CCCOc1ccccc1/C=N/c1ccccc1. The number of hydrogen-bond acceptors (Lipinski definition) is 3. The van der Waals surface area contributed by atoms with Crippen molar-refractivity contribution in [3.63, 3.8) is 0 Å². The second-order valence-electron chi connectivity index (χ2n) is 5.14. The molecule has 0 fully saturated rings. The van der Waals surface area contributed by atoms with Crippen LogP contribution in [0.4, 0.5) is 5.69 Å². The number of aliphatic imine (C=N–C) groups is 1. The number of ether oxygens (including phenoxy) is 1. The van der Waals surface area contributed by atoms with Crippen LogP contribution in [0.1, 0.15) is 12.0 Å². The molecule has 0 aliphatic rings. The molecular weight excluding hydrogens is 260 g/mol. The van der Waals surface area contributed by atoms with Gasteiger partial charge in [0.25, 0.3) is 0 Å². The van der Waals surface area contributed by atoms with Crippen LogP contribution in [0.25, 0.3) is 0 Å². The van der Waals surface area contributed by atoms with Crippen LogP contribution < -0.4 is 4.74 Å². The number of rotatable bonds is 7. The molecule has 0 saturated heterocycles. The Balaban J connectivity index is 1.98. The third-order valence-electron chi connectivity index (χ3n) is 3.04. The molecule has 21 heavy (non-hydrogen) atoms. The highest BCUT2D eigenvalue weighted by atomic mass is 16.5. The van der Waals surface area contributed by atoms with Crippen molar-refractivity contribution in [2.75, 3.05) is 27.2 Å². The van der Waals surface area contributed by atoms with E-state index in [0.717, 1.165) is 30.0 Å². The van der Waals surface area contributed by atoms with Gasteiger partial charge in [-0.1, -0.05) is 30.3 Å². The highest BCUT2D eigenvalue weighted by molar-refractivity contribution is 5.85. The van der Waals surface area contributed by atoms with Crippen molar-refractivity contribution in [1.29, 1.82) is 0 Å². The molecule has 0 N–H and O–H groups in total. The van der Waals surface area contributed by atoms with Crippen LogP contribution in [0.5, 0.6) is 5.75 Å². The van der Waals surface area contributed by atoms with E-state index in [1.807, 2.05) is 60.8 Å². The van der Waals surface area contributed by atoms with Gasteiger partial charge in [-0.3, -0.25) is 4.99 Å². The Morgan fingerprint density at radius 2 is 1.71 bits per heavy atom. The van der Waals surface area contributed by atoms with Gasteiger partial charge in [0.1, 0.15) is 5.75 Å². The van der Waals surface area contributed by atoms with E-state index < -0.39 is 0 Å². The van der Waals surface area contributed by atoms with Crippen LogP contribution >= 0.6 is 0 Å². The maximum atomic E-state index is 5.86. The summed E-state index contributed by atoms with van der Waals surface area (Å²) in [7, 11) is 4.14. The minimum absolute atomic E-state index is 0.717. The van der Waals surface area contributed by atoms with Gasteiger partial charge in [-0.2, -0.15) is 0 Å². The van der Waals surface area contributed by atoms with Gasteiger partial charge in [0.15, 0.2) is 0 Å². The van der Waals surface area contributed by atoms with Gasteiger partial charge in [-0.15, -0.1) is 0 Å². The van der Waals surface area contributed by atoms with E-state index in [1.54, 1.807) is 0 Å². The van der Waals surface area contributed by atoms with Crippen LogP contribution in [-0.4, -0.2) is 38.4 Å². The van der Waals surface area contributed by atoms with Crippen LogP contribution in [0.2, 0.25) is 0 Å². The number of benzene rings is 2. The van der Waals surface area contributed by atoms with E-state index in [-0.39, 0.29) is 0 Å².